The maximum Gasteiger partial charge on any atom is 0.258 e. The van der Waals surface area contributed by atoms with Crippen LogP contribution in [0.5, 0.6) is 0 Å². The monoisotopic (exact) mass is 476 g/mol. The molecule has 1 N–H and O–H groups in total. The summed E-state index contributed by atoms with van der Waals surface area (Å²) in [7, 11) is 0. The molecule has 0 unspecified atom stereocenters. The summed E-state index contributed by atoms with van der Waals surface area (Å²) in [6.07, 6.45) is 3.59. The first-order valence-electron chi connectivity index (χ1n) is 12.1. The number of nitriles is 1. The van der Waals surface area contributed by atoms with Crippen LogP contribution in [0.4, 0.5) is 11.4 Å². The van der Waals surface area contributed by atoms with Gasteiger partial charge in [0.05, 0.1) is 30.2 Å². The van der Waals surface area contributed by atoms with Gasteiger partial charge in [0.15, 0.2) is 0 Å². The fourth-order valence-electron chi connectivity index (χ4n) is 4.45. The maximum absolute atomic E-state index is 13.6. The number of hydrogen-bond acceptors (Lipinski definition) is 5. The molecule has 1 amide bonds. The van der Waals surface area contributed by atoms with Gasteiger partial charge in [-0.05, 0) is 54.1 Å². The number of imidazole rings is 1. The third-order valence-corrected chi connectivity index (χ3v) is 6.46. The molecule has 1 aliphatic rings. The van der Waals surface area contributed by atoms with Gasteiger partial charge in [-0.25, -0.2) is 4.98 Å². The summed E-state index contributed by atoms with van der Waals surface area (Å²) >= 11 is 0. The number of anilines is 2. The fraction of sp³-hybridized carbons (Fsp3) is 0.207. The molecule has 1 aromatic heterocycles. The molecule has 1 saturated heterocycles. The smallest absolute Gasteiger partial charge is 0.258 e. The van der Waals surface area contributed by atoms with Gasteiger partial charge in [-0.2, -0.15) is 5.26 Å². The van der Waals surface area contributed by atoms with E-state index in [9.17, 15) is 4.79 Å². The van der Waals surface area contributed by atoms with Gasteiger partial charge in [0.25, 0.3) is 5.91 Å². The van der Waals surface area contributed by atoms with Crippen LogP contribution in [0.15, 0.2) is 91.4 Å². The average Bonchev–Trinajstić information content (AvgIpc) is 3.39. The van der Waals surface area contributed by atoms with E-state index in [1.807, 2.05) is 82.4 Å². The molecule has 1 aliphatic heterocycles. The molecule has 5 rings (SSSR count). The molecule has 0 radical (unpaired) electrons. The van der Waals surface area contributed by atoms with Crippen molar-refractivity contribution >= 4 is 17.3 Å². The van der Waals surface area contributed by atoms with E-state index in [0.717, 1.165) is 43.1 Å². The normalized spacial score (nSPS) is 13.2. The Kier molecular flexibility index (Phi) is 7.06. The molecule has 2 heterocycles. The molecule has 0 atom stereocenters. The van der Waals surface area contributed by atoms with Crippen molar-refractivity contribution in [1.29, 1.82) is 5.26 Å². The number of amides is 1. The summed E-state index contributed by atoms with van der Waals surface area (Å²) in [5.41, 5.74) is 5.27. The lowest BCUT2D eigenvalue weighted by molar-refractivity contribution is 0.0984. The topological polar surface area (TPSA) is 77.2 Å². The van der Waals surface area contributed by atoms with Gasteiger partial charge in [-0.1, -0.05) is 30.3 Å². The highest BCUT2D eigenvalue weighted by Gasteiger charge is 2.20. The highest BCUT2D eigenvalue weighted by molar-refractivity contribution is 6.06. The van der Waals surface area contributed by atoms with E-state index in [1.54, 1.807) is 6.33 Å². The van der Waals surface area contributed by atoms with Crippen LogP contribution in [0.1, 0.15) is 27.2 Å². The number of hydrogen-bond donors (Lipinski definition) is 1. The van der Waals surface area contributed by atoms with Crippen molar-refractivity contribution in [2.75, 3.05) is 36.0 Å². The lowest BCUT2D eigenvalue weighted by atomic mass is 10.1. The summed E-state index contributed by atoms with van der Waals surface area (Å²) in [6, 6.07) is 27.3. The standard InChI is InChI=1S/C29H28N6O/c30-18-23-6-8-24(9-7-23)20-34-22-32-19-28(34)21-35(29(36)25-4-2-1-3-5-25)27-12-10-26(11-13-27)33-16-14-31-15-17-33/h1-13,19,22,31H,14-17,20-21H2. The third-order valence-electron chi connectivity index (χ3n) is 6.46. The SMILES string of the molecule is N#Cc1ccc(Cn2cncc2CN(C(=O)c2ccccc2)c2ccc(N3CCNCC3)cc2)cc1. The number of aromatic nitrogens is 2. The molecule has 0 spiro atoms. The van der Waals surface area contributed by atoms with Gasteiger partial charge >= 0.3 is 0 Å². The first kappa shape index (κ1) is 23.3. The number of rotatable bonds is 7. The highest BCUT2D eigenvalue weighted by Crippen LogP contribution is 2.25. The van der Waals surface area contributed by atoms with Crippen molar-refractivity contribution in [3.8, 4) is 6.07 Å². The zero-order chi connectivity index (χ0) is 24.7. The Balaban J connectivity index is 1.41. The second-order valence-corrected chi connectivity index (χ2v) is 8.83. The van der Waals surface area contributed by atoms with E-state index < -0.39 is 0 Å². The summed E-state index contributed by atoms with van der Waals surface area (Å²) in [5, 5.41) is 12.4. The number of nitrogens with one attached hydrogen (secondary N) is 1. The van der Waals surface area contributed by atoms with E-state index in [4.69, 9.17) is 5.26 Å². The Morgan fingerprint density at radius 2 is 1.69 bits per heavy atom. The number of nitrogens with zero attached hydrogens (tertiary/aromatic N) is 5. The quantitative estimate of drug-likeness (QED) is 0.435. The second kappa shape index (κ2) is 10.9. The van der Waals surface area contributed by atoms with Crippen molar-refractivity contribution < 1.29 is 4.79 Å². The van der Waals surface area contributed by atoms with Gasteiger partial charge in [0.2, 0.25) is 0 Å². The van der Waals surface area contributed by atoms with E-state index >= 15 is 0 Å². The van der Waals surface area contributed by atoms with Crippen LogP contribution in [0.25, 0.3) is 0 Å². The molecule has 180 valence electrons. The first-order valence-corrected chi connectivity index (χ1v) is 12.1. The van der Waals surface area contributed by atoms with Crippen molar-refractivity contribution in [3.05, 3.63) is 114 Å². The molecule has 0 saturated carbocycles. The van der Waals surface area contributed by atoms with Gasteiger partial charge in [0, 0.05) is 55.9 Å². The van der Waals surface area contributed by atoms with E-state index in [0.29, 0.717) is 24.2 Å². The molecular formula is C29H28N6O. The lowest BCUT2D eigenvalue weighted by Gasteiger charge is -2.30. The number of benzene rings is 3. The number of carbonyl (C=O) groups excluding carboxylic acids is 1. The molecule has 1 fully saturated rings. The van der Waals surface area contributed by atoms with Crippen LogP contribution < -0.4 is 15.1 Å². The van der Waals surface area contributed by atoms with Gasteiger partial charge < -0.3 is 19.7 Å². The summed E-state index contributed by atoms with van der Waals surface area (Å²) < 4.78 is 2.04. The van der Waals surface area contributed by atoms with Gasteiger partial charge in [0.1, 0.15) is 0 Å². The molecule has 3 aromatic carbocycles. The second-order valence-electron chi connectivity index (χ2n) is 8.83. The van der Waals surface area contributed by atoms with Crippen LogP contribution in [-0.4, -0.2) is 41.6 Å². The molecule has 7 nitrogen and oxygen atoms in total. The molecule has 0 aliphatic carbocycles. The van der Waals surface area contributed by atoms with Crippen LogP contribution >= 0.6 is 0 Å². The minimum Gasteiger partial charge on any atom is -0.369 e. The lowest BCUT2D eigenvalue weighted by Crippen LogP contribution is -2.43. The Morgan fingerprint density at radius 3 is 2.39 bits per heavy atom. The average molecular weight is 477 g/mol. The predicted octanol–water partition coefficient (Wildman–Crippen LogP) is 4.06. The summed E-state index contributed by atoms with van der Waals surface area (Å²) in [6.45, 7) is 4.89. The van der Waals surface area contributed by atoms with Crippen LogP contribution in [0, 0.1) is 11.3 Å². The predicted molar refractivity (Wildman–Crippen MR) is 141 cm³/mol. The van der Waals surface area contributed by atoms with Gasteiger partial charge in [-0.3, -0.25) is 4.79 Å². The molecule has 7 heteroatoms. The van der Waals surface area contributed by atoms with E-state index in [2.05, 4.69) is 33.4 Å². The molecule has 36 heavy (non-hydrogen) atoms. The highest BCUT2D eigenvalue weighted by atomic mass is 16.2. The first-order chi connectivity index (χ1) is 17.7. The Labute approximate surface area is 211 Å². The van der Waals surface area contributed by atoms with Crippen LogP contribution in [-0.2, 0) is 13.1 Å². The molecule has 0 bridgehead atoms. The van der Waals surface area contributed by atoms with Crippen LogP contribution in [0.2, 0.25) is 0 Å². The number of carbonyl (C=O) groups is 1. The van der Waals surface area contributed by atoms with Gasteiger partial charge in [-0.15, -0.1) is 0 Å². The van der Waals surface area contributed by atoms with Crippen molar-refractivity contribution in [2.24, 2.45) is 0 Å². The maximum atomic E-state index is 13.6. The fourth-order valence-corrected chi connectivity index (χ4v) is 4.45. The molecule has 4 aromatic rings. The summed E-state index contributed by atoms with van der Waals surface area (Å²) in [4.78, 5) is 22.2. The molecular weight excluding hydrogens is 448 g/mol. The number of piperazine rings is 1. The Morgan fingerprint density at radius 1 is 0.972 bits per heavy atom. The van der Waals surface area contributed by atoms with E-state index in [1.165, 1.54) is 5.69 Å². The van der Waals surface area contributed by atoms with Crippen LogP contribution in [0.3, 0.4) is 0 Å². The Bertz CT molecular complexity index is 1330. The van der Waals surface area contributed by atoms with Crippen molar-refractivity contribution in [2.45, 2.75) is 13.1 Å². The largest absolute Gasteiger partial charge is 0.369 e. The minimum atomic E-state index is -0.0587. The third kappa shape index (κ3) is 5.29. The van der Waals surface area contributed by atoms with Crippen molar-refractivity contribution in [1.82, 2.24) is 14.9 Å². The van der Waals surface area contributed by atoms with Crippen molar-refractivity contribution in [3.63, 3.8) is 0 Å². The zero-order valence-corrected chi connectivity index (χ0v) is 20.0. The van der Waals surface area contributed by atoms with E-state index in [-0.39, 0.29) is 5.91 Å². The minimum absolute atomic E-state index is 0.0587. The Hall–Kier alpha value is -4.41. The summed E-state index contributed by atoms with van der Waals surface area (Å²) in [5.74, 6) is -0.0587. The zero-order valence-electron chi connectivity index (χ0n) is 20.0.